The number of aromatic nitrogens is 2. The number of nitrogens with one attached hydrogen (secondary N) is 1. The molecule has 2 aliphatic rings. The Balaban J connectivity index is 1.63. The predicted molar refractivity (Wildman–Crippen MR) is 127 cm³/mol. The van der Waals surface area contributed by atoms with E-state index in [1.54, 1.807) is 19.5 Å². The average molecular weight is 471 g/mol. The number of nitrogens with zero attached hydrogens (tertiary/aromatic N) is 4. The van der Waals surface area contributed by atoms with Crippen LogP contribution < -0.4 is 16.2 Å². The Morgan fingerprint density at radius 2 is 2.15 bits per heavy atom. The van der Waals surface area contributed by atoms with E-state index in [9.17, 15) is 5.26 Å². The molecule has 2 aromatic heterocycles. The standard InChI is InChI=1S/C24H31ClN6O2/c1-32-22-13-17(5-6-20(22)27)30-31(16-24(15-26)8-11-33-12-9-24)23-4-2-3-21(29-23)18-7-10-28-14-19(18)25/h2-4,7,10,14,17,20,22,30H,5-6,8-9,11-13,16,27H2,1H3/t17-,20-,22-/m0/s1. The van der Waals surface area contributed by atoms with Gasteiger partial charge in [-0.25, -0.2) is 10.4 Å². The highest BCUT2D eigenvalue weighted by Gasteiger charge is 2.37. The smallest absolute Gasteiger partial charge is 0.143 e. The Bertz CT molecular complexity index is 977. The van der Waals surface area contributed by atoms with Gasteiger partial charge in [-0.05, 0) is 50.3 Å². The molecule has 1 saturated carbocycles. The Morgan fingerprint density at radius 3 is 2.88 bits per heavy atom. The van der Waals surface area contributed by atoms with Crippen LogP contribution in [0.4, 0.5) is 5.82 Å². The number of ether oxygens (including phenoxy) is 2. The number of hydrogen-bond acceptors (Lipinski definition) is 8. The number of methoxy groups -OCH3 is 1. The van der Waals surface area contributed by atoms with E-state index in [2.05, 4.69) is 16.5 Å². The summed E-state index contributed by atoms with van der Waals surface area (Å²) >= 11 is 6.38. The summed E-state index contributed by atoms with van der Waals surface area (Å²) in [6.45, 7) is 1.69. The summed E-state index contributed by atoms with van der Waals surface area (Å²) in [6.07, 6.45) is 7.30. The first-order chi connectivity index (χ1) is 16.0. The van der Waals surface area contributed by atoms with Gasteiger partial charge in [0, 0.05) is 50.4 Å². The molecule has 1 saturated heterocycles. The molecule has 176 valence electrons. The monoisotopic (exact) mass is 470 g/mol. The van der Waals surface area contributed by atoms with E-state index in [-0.39, 0.29) is 18.2 Å². The Morgan fingerprint density at radius 1 is 1.33 bits per heavy atom. The molecular weight excluding hydrogens is 440 g/mol. The van der Waals surface area contributed by atoms with Gasteiger partial charge < -0.3 is 15.2 Å². The minimum atomic E-state index is -0.511. The zero-order chi connectivity index (χ0) is 23.3. The minimum absolute atomic E-state index is 0.000950. The first-order valence-electron chi connectivity index (χ1n) is 11.4. The molecule has 1 aliphatic carbocycles. The molecule has 0 amide bonds. The van der Waals surface area contributed by atoms with Crippen LogP contribution in [0, 0.1) is 16.7 Å². The van der Waals surface area contributed by atoms with Crippen molar-refractivity contribution in [3.8, 4) is 17.3 Å². The highest BCUT2D eigenvalue weighted by atomic mass is 35.5. The highest BCUT2D eigenvalue weighted by Crippen LogP contribution is 2.33. The van der Waals surface area contributed by atoms with Crippen molar-refractivity contribution in [1.29, 1.82) is 5.26 Å². The number of rotatable bonds is 7. The Labute approximate surface area is 200 Å². The summed E-state index contributed by atoms with van der Waals surface area (Å²) < 4.78 is 11.2. The molecule has 9 heteroatoms. The van der Waals surface area contributed by atoms with Crippen molar-refractivity contribution in [1.82, 2.24) is 15.4 Å². The molecular formula is C24H31ClN6O2. The van der Waals surface area contributed by atoms with Crippen molar-refractivity contribution in [3.63, 3.8) is 0 Å². The Kier molecular flexibility index (Phi) is 7.78. The topological polar surface area (TPSA) is 109 Å². The first kappa shape index (κ1) is 23.9. The predicted octanol–water partition coefficient (Wildman–Crippen LogP) is 3.32. The van der Waals surface area contributed by atoms with E-state index in [0.29, 0.717) is 37.6 Å². The first-order valence-corrected chi connectivity index (χ1v) is 11.8. The lowest BCUT2D eigenvalue weighted by molar-refractivity contribution is 0.0354. The largest absolute Gasteiger partial charge is 0.381 e. The van der Waals surface area contributed by atoms with Crippen molar-refractivity contribution in [2.45, 2.75) is 50.3 Å². The normalized spacial score (nSPS) is 24.7. The molecule has 0 spiro atoms. The molecule has 8 nitrogen and oxygen atoms in total. The maximum Gasteiger partial charge on any atom is 0.143 e. The molecule has 1 aliphatic heterocycles. The summed E-state index contributed by atoms with van der Waals surface area (Å²) in [6, 6.07) is 10.5. The molecule has 0 aromatic carbocycles. The van der Waals surface area contributed by atoms with Gasteiger partial charge >= 0.3 is 0 Å². The van der Waals surface area contributed by atoms with E-state index in [4.69, 9.17) is 31.8 Å². The zero-order valence-corrected chi connectivity index (χ0v) is 19.7. The van der Waals surface area contributed by atoms with Crippen LogP contribution in [0.3, 0.4) is 0 Å². The van der Waals surface area contributed by atoms with Crippen LogP contribution in [0.2, 0.25) is 5.02 Å². The number of anilines is 1. The van der Waals surface area contributed by atoms with Gasteiger partial charge in [0.15, 0.2) is 0 Å². The number of hydrogen-bond donors (Lipinski definition) is 2. The fourth-order valence-electron chi connectivity index (χ4n) is 4.63. The second-order valence-electron chi connectivity index (χ2n) is 8.90. The second kappa shape index (κ2) is 10.8. The number of nitriles is 1. The lowest BCUT2D eigenvalue weighted by atomic mass is 9.81. The van der Waals surface area contributed by atoms with Crippen LogP contribution in [0.1, 0.15) is 32.1 Å². The molecule has 0 bridgehead atoms. The average Bonchev–Trinajstić information content (AvgIpc) is 2.85. The van der Waals surface area contributed by atoms with Gasteiger partial charge in [-0.15, -0.1) is 0 Å². The second-order valence-corrected chi connectivity index (χ2v) is 9.31. The maximum atomic E-state index is 10.1. The van der Waals surface area contributed by atoms with E-state index in [0.717, 1.165) is 36.3 Å². The third-order valence-corrected chi connectivity index (χ3v) is 6.99. The summed E-state index contributed by atoms with van der Waals surface area (Å²) in [5, 5.41) is 12.7. The van der Waals surface area contributed by atoms with Crippen molar-refractivity contribution < 1.29 is 9.47 Å². The van der Waals surface area contributed by atoms with E-state index < -0.39 is 5.41 Å². The lowest BCUT2D eigenvalue weighted by Gasteiger charge is -2.40. The van der Waals surface area contributed by atoms with Crippen molar-refractivity contribution in [2.75, 3.05) is 31.9 Å². The number of pyridine rings is 2. The van der Waals surface area contributed by atoms with Crippen molar-refractivity contribution in [2.24, 2.45) is 11.1 Å². The maximum absolute atomic E-state index is 10.1. The van der Waals surface area contributed by atoms with Crippen molar-refractivity contribution >= 4 is 17.4 Å². The van der Waals surface area contributed by atoms with Crippen LogP contribution in [0.15, 0.2) is 36.7 Å². The zero-order valence-electron chi connectivity index (χ0n) is 18.9. The SMILES string of the molecule is CO[C@H]1C[C@@H](NN(CC2(C#N)CCOCC2)c2cccc(-c3ccncc3Cl)n2)CC[C@@H]1N. The molecule has 3 atom stereocenters. The van der Waals surface area contributed by atoms with Gasteiger partial charge in [-0.1, -0.05) is 17.7 Å². The molecule has 4 rings (SSSR count). The molecule has 3 heterocycles. The summed E-state index contributed by atoms with van der Waals surface area (Å²) in [4.78, 5) is 8.98. The van der Waals surface area contributed by atoms with Gasteiger partial charge in [-0.2, -0.15) is 5.26 Å². The van der Waals surface area contributed by atoms with Crippen LogP contribution in [0.25, 0.3) is 11.3 Å². The molecule has 2 fully saturated rings. The quantitative estimate of drug-likeness (QED) is 0.593. The van der Waals surface area contributed by atoms with Gasteiger partial charge in [-0.3, -0.25) is 9.99 Å². The van der Waals surface area contributed by atoms with Gasteiger partial charge in [0.05, 0.1) is 34.8 Å². The third kappa shape index (κ3) is 5.62. The minimum Gasteiger partial charge on any atom is -0.381 e. The summed E-state index contributed by atoms with van der Waals surface area (Å²) in [7, 11) is 1.71. The Hall–Kier alpha value is -2.28. The molecule has 0 radical (unpaired) electrons. The summed E-state index contributed by atoms with van der Waals surface area (Å²) in [5.41, 5.74) is 10.9. The van der Waals surface area contributed by atoms with E-state index >= 15 is 0 Å². The number of halogens is 1. The van der Waals surface area contributed by atoms with Crippen LogP contribution in [0.5, 0.6) is 0 Å². The van der Waals surface area contributed by atoms with E-state index in [1.807, 2.05) is 29.3 Å². The van der Waals surface area contributed by atoms with Crippen molar-refractivity contribution in [3.05, 3.63) is 41.7 Å². The lowest BCUT2D eigenvalue weighted by Crippen LogP contribution is -2.55. The molecule has 3 N–H and O–H groups in total. The molecule has 0 unspecified atom stereocenters. The number of nitrogens with two attached hydrogens (primary N) is 1. The molecule has 2 aromatic rings. The van der Waals surface area contributed by atoms with Crippen LogP contribution in [-0.2, 0) is 9.47 Å². The van der Waals surface area contributed by atoms with Gasteiger partial charge in [0.1, 0.15) is 5.82 Å². The summed E-state index contributed by atoms with van der Waals surface area (Å²) in [5.74, 6) is 0.741. The van der Waals surface area contributed by atoms with Crippen LogP contribution in [-0.4, -0.2) is 55.0 Å². The third-order valence-electron chi connectivity index (χ3n) is 6.69. The fourth-order valence-corrected chi connectivity index (χ4v) is 4.85. The fraction of sp³-hybridized carbons (Fsp3) is 0.542. The number of hydrazine groups is 1. The highest BCUT2D eigenvalue weighted by molar-refractivity contribution is 6.33. The van der Waals surface area contributed by atoms with E-state index in [1.165, 1.54) is 0 Å². The molecule has 33 heavy (non-hydrogen) atoms. The van der Waals surface area contributed by atoms with Crippen LogP contribution >= 0.6 is 11.6 Å². The van der Waals surface area contributed by atoms with Gasteiger partial charge in [0.2, 0.25) is 0 Å². The van der Waals surface area contributed by atoms with Gasteiger partial charge in [0.25, 0.3) is 0 Å².